The summed E-state index contributed by atoms with van der Waals surface area (Å²) >= 11 is 0. The molecule has 1 aromatic heterocycles. The van der Waals surface area contributed by atoms with Crippen molar-refractivity contribution >= 4 is 5.69 Å². The van der Waals surface area contributed by atoms with Crippen LogP contribution < -0.4 is 5.32 Å². The normalized spacial score (nSPS) is 9.28. The van der Waals surface area contributed by atoms with Crippen molar-refractivity contribution in [2.45, 2.75) is 13.8 Å². The molecule has 2 heteroatoms. The van der Waals surface area contributed by atoms with Crippen LogP contribution in [-0.2, 0) is 0 Å². The number of pyridine rings is 1. The third-order valence-electron chi connectivity index (χ3n) is 2.81. The Labute approximate surface area is 109 Å². The number of hydrogen-bond acceptors (Lipinski definition) is 2. The molecule has 18 heavy (non-hydrogen) atoms. The molecule has 0 aliphatic carbocycles. The molecule has 1 N–H and O–H groups in total. The van der Waals surface area contributed by atoms with E-state index < -0.39 is 0 Å². The first kappa shape index (κ1) is 14.0. The van der Waals surface area contributed by atoms with Crippen LogP contribution >= 0.6 is 0 Å². The van der Waals surface area contributed by atoms with E-state index >= 15 is 0 Å². The minimum Gasteiger partial charge on any atom is -0.387 e. The van der Waals surface area contributed by atoms with E-state index in [0.717, 1.165) is 5.69 Å². The highest BCUT2D eigenvalue weighted by atomic mass is 14.8. The predicted octanol–water partition coefficient (Wildman–Crippen LogP) is 4.21. The van der Waals surface area contributed by atoms with Gasteiger partial charge in [-0.25, -0.2) is 0 Å². The lowest BCUT2D eigenvalue weighted by molar-refractivity contribution is 1.27. The molecular formula is C16H20N2. The molecule has 0 bridgehead atoms. The molecule has 0 aliphatic heterocycles. The molecule has 0 saturated carbocycles. The summed E-state index contributed by atoms with van der Waals surface area (Å²) in [5.74, 6) is 0. The lowest BCUT2D eigenvalue weighted by Gasteiger charge is -2.10. The van der Waals surface area contributed by atoms with Crippen LogP contribution in [0.1, 0.15) is 11.1 Å². The Morgan fingerprint density at radius 3 is 2.44 bits per heavy atom. The molecule has 0 atom stereocenters. The van der Waals surface area contributed by atoms with Gasteiger partial charge in [-0.05, 0) is 25.0 Å². The van der Waals surface area contributed by atoms with Crippen LogP contribution in [0.5, 0.6) is 0 Å². The third-order valence-corrected chi connectivity index (χ3v) is 2.81. The Bertz CT molecular complexity index is 518. The fourth-order valence-electron chi connectivity index (χ4n) is 1.88. The van der Waals surface area contributed by atoms with Gasteiger partial charge >= 0.3 is 0 Å². The number of nitrogens with zero attached hydrogens (tertiary/aromatic N) is 1. The molecule has 2 aromatic rings. The van der Waals surface area contributed by atoms with Gasteiger partial charge in [-0.15, -0.1) is 13.2 Å². The zero-order valence-electron chi connectivity index (χ0n) is 11.3. The van der Waals surface area contributed by atoms with Crippen LogP contribution in [-0.4, -0.2) is 12.0 Å². The first-order valence-corrected chi connectivity index (χ1v) is 5.92. The van der Waals surface area contributed by atoms with Crippen molar-refractivity contribution in [1.82, 2.24) is 4.98 Å². The van der Waals surface area contributed by atoms with Crippen LogP contribution in [0.3, 0.4) is 0 Å². The smallest absolute Gasteiger partial charge is 0.0560 e. The molecule has 1 heterocycles. The van der Waals surface area contributed by atoms with Crippen molar-refractivity contribution in [2.75, 3.05) is 12.4 Å². The van der Waals surface area contributed by atoms with E-state index in [0.29, 0.717) is 0 Å². The van der Waals surface area contributed by atoms with Gasteiger partial charge in [0.15, 0.2) is 0 Å². The fourth-order valence-corrected chi connectivity index (χ4v) is 1.88. The Morgan fingerprint density at radius 2 is 1.83 bits per heavy atom. The molecule has 94 valence electrons. The number of rotatable bonds is 2. The Balaban J connectivity index is 0.000000771. The summed E-state index contributed by atoms with van der Waals surface area (Å²) in [6, 6.07) is 8.49. The van der Waals surface area contributed by atoms with Gasteiger partial charge in [-0.3, -0.25) is 4.98 Å². The summed E-state index contributed by atoms with van der Waals surface area (Å²) in [5.41, 5.74) is 6.01. The average molecular weight is 240 g/mol. The molecule has 0 spiro atoms. The van der Waals surface area contributed by atoms with Crippen molar-refractivity contribution in [1.29, 1.82) is 0 Å². The molecule has 0 aliphatic rings. The van der Waals surface area contributed by atoms with Gasteiger partial charge in [0.1, 0.15) is 0 Å². The second-order valence-electron chi connectivity index (χ2n) is 3.98. The number of hydrogen-bond donors (Lipinski definition) is 1. The zero-order valence-corrected chi connectivity index (χ0v) is 11.3. The Kier molecular flexibility index (Phi) is 5.12. The van der Waals surface area contributed by atoms with Gasteiger partial charge in [0.25, 0.3) is 0 Å². The van der Waals surface area contributed by atoms with Crippen LogP contribution in [0.25, 0.3) is 11.1 Å². The first-order valence-electron chi connectivity index (χ1n) is 5.92. The summed E-state index contributed by atoms with van der Waals surface area (Å²) in [7, 11) is 1.92. The van der Waals surface area contributed by atoms with E-state index in [1.54, 1.807) is 0 Å². The van der Waals surface area contributed by atoms with E-state index in [9.17, 15) is 0 Å². The highest BCUT2D eigenvalue weighted by Gasteiger charge is 2.05. The van der Waals surface area contributed by atoms with Crippen LogP contribution in [0, 0.1) is 13.8 Å². The number of aromatic nitrogens is 1. The van der Waals surface area contributed by atoms with Crippen molar-refractivity contribution < 1.29 is 0 Å². The first-order chi connectivity index (χ1) is 8.72. The van der Waals surface area contributed by atoms with E-state index in [1.807, 2.05) is 19.4 Å². The van der Waals surface area contributed by atoms with E-state index in [1.165, 1.54) is 22.3 Å². The summed E-state index contributed by atoms with van der Waals surface area (Å²) in [4.78, 5) is 4.26. The number of anilines is 1. The molecule has 0 fully saturated rings. The van der Waals surface area contributed by atoms with Crippen molar-refractivity contribution in [3.05, 3.63) is 60.9 Å². The highest BCUT2D eigenvalue weighted by molar-refractivity contribution is 5.72. The minimum atomic E-state index is 1.08. The maximum atomic E-state index is 4.26. The lowest BCUT2D eigenvalue weighted by atomic mass is 10.0. The van der Waals surface area contributed by atoms with E-state index in [4.69, 9.17) is 0 Å². The number of nitrogens with one attached hydrogen (secondary N) is 1. The van der Waals surface area contributed by atoms with E-state index in [2.05, 4.69) is 61.6 Å². The number of aryl methyl sites for hydroxylation is 1. The van der Waals surface area contributed by atoms with Gasteiger partial charge in [-0.1, -0.05) is 29.8 Å². The molecule has 0 unspecified atom stereocenters. The molecule has 0 radical (unpaired) electrons. The fraction of sp³-hybridized carbons (Fsp3) is 0.188. The number of benzene rings is 1. The van der Waals surface area contributed by atoms with Crippen molar-refractivity contribution in [2.24, 2.45) is 0 Å². The molecule has 2 rings (SSSR count). The third kappa shape index (κ3) is 2.98. The average Bonchev–Trinajstić information content (AvgIpc) is 2.41. The van der Waals surface area contributed by atoms with Gasteiger partial charge in [0.2, 0.25) is 0 Å². The summed E-state index contributed by atoms with van der Waals surface area (Å²) in [6.45, 7) is 10.2. The topological polar surface area (TPSA) is 24.9 Å². The predicted molar refractivity (Wildman–Crippen MR) is 79.9 cm³/mol. The maximum absolute atomic E-state index is 4.26. The quantitative estimate of drug-likeness (QED) is 0.795. The highest BCUT2D eigenvalue weighted by Crippen LogP contribution is 2.27. The lowest BCUT2D eigenvalue weighted by Crippen LogP contribution is -1.95. The van der Waals surface area contributed by atoms with E-state index in [-0.39, 0.29) is 0 Å². The molecule has 1 aromatic carbocycles. The summed E-state index contributed by atoms with van der Waals surface area (Å²) in [6.07, 6.45) is 3.78. The van der Waals surface area contributed by atoms with Gasteiger partial charge < -0.3 is 5.32 Å². The van der Waals surface area contributed by atoms with Crippen LogP contribution in [0.4, 0.5) is 5.69 Å². The summed E-state index contributed by atoms with van der Waals surface area (Å²) in [5, 5.41) is 3.16. The molecule has 0 amide bonds. The van der Waals surface area contributed by atoms with Gasteiger partial charge in [0.05, 0.1) is 11.9 Å². The summed E-state index contributed by atoms with van der Waals surface area (Å²) < 4.78 is 0. The van der Waals surface area contributed by atoms with Crippen LogP contribution in [0.2, 0.25) is 0 Å². The Morgan fingerprint density at radius 1 is 1.11 bits per heavy atom. The molecule has 0 saturated heterocycles. The second-order valence-corrected chi connectivity index (χ2v) is 3.98. The monoisotopic (exact) mass is 240 g/mol. The SMILES string of the molecule is C=C.CNc1cncc(-c2cccc(C)c2)c1C. The second kappa shape index (κ2) is 6.60. The van der Waals surface area contributed by atoms with Crippen molar-refractivity contribution in [3.8, 4) is 11.1 Å². The molecular weight excluding hydrogens is 220 g/mol. The largest absolute Gasteiger partial charge is 0.387 e. The maximum Gasteiger partial charge on any atom is 0.0560 e. The van der Waals surface area contributed by atoms with Gasteiger partial charge in [0, 0.05) is 18.8 Å². The zero-order chi connectivity index (χ0) is 13.5. The molecule has 2 nitrogen and oxygen atoms in total. The van der Waals surface area contributed by atoms with Crippen molar-refractivity contribution in [3.63, 3.8) is 0 Å². The standard InChI is InChI=1S/C14H16N2.C2H4/c1-10-5-4-6-12(7-10)13-8-16-9-14(15-3)11(13)2;1-2/h4-9,15H,1-3H3;1-2H2. The minimum absolute atomic E-state index is 1.08. The van der Waals surface area contributed by atoms with Gasteiger partial charge in [-0.2, -0.15) is 0 Å². The van der Waals surface area contributed by atoms with Crippen LogP contribution in [0.15, 0.2) is 49.8 Å². The Hall–Kier alpha value is -2.09.